The first-order chi connectivity index (χ1) is 6.77. The van der Waals surface area contributed by atoms with Gasteiger partial charge >= 0.3 is 0 Å². The van der Waals surface area contributed by atoms with Gasteiger partial charge in [0, 0.05) is 24.6 Å². The van der Waals surface area contributed by atoms with Crippen molar-refractivity contribution >= 4 is 50.3 Å². The molecule has 0 radical (unpaired) electrons. The molecule has 1 aromatic heterocycles. The van der Waals surface area contributed by atoms with Gasteiger partial charge < -0.3 is 0 Å². The highest BCUT2D eigenvalue weighted by atomic mass is 127. The molecule has 0 bridgehead atoms. The van der Waals surface area contributed by atoms with Crippen LogP contribution >= 0.6 is 33.9 Å². The van der Waals surface area contributed by atoms with Crippen molar-refractivity contribution in [3.05, 3.63) is 32.2 Å². The van der Waals surface area contributed by atoms with Gasteiger partial charge in [0.05, 0.1) is 0 Å². The van der Waals surface area contributed by atoms with Crippen LogP contribution in [0.15, 0.2) is 17.5 Å². The number of aldehydes is 1. The molecule has 0 fully saturated rings. The summed E-state index contributed by atoms with van der Waals surface area (Å²) in [6.45, 7) is 2.09. The lowest BCUT2D eigenvalue weighted by Crippen LogP contribution is -1.90. The maximum Gasteiger partial charge on any atom is 0.150 e. The lowest BCUT2D eigenvalue weighted by Gasteiger charge is -2.02. The molecule has 0 aliphatic carbocycles. The van der Waals surface area contributed by atoms with Crippen LogP contribution in [0.3, 0.4) is 0 Å². The molecule has 0 saturated heterocycles. The molecular formula is C11H9IOS. The standard InChI is InChI=1S/C11H9IOS/c1-2-8-7(5-13)3-4-9-10(12)6-14-11(8)9/h3-6H,2H2,1H3. The second-order valence-electron chi connectivity index (χ2n) is 3.07. The molecule has 0 aliphatic rings. The molecule has 3 heteroatoms. The molecule has 0 unspecified atom stereocenters. The summed E-state index contributed by atoms with van der Waals surface area (Å²) in [6, 6.07) is 3.96. The quantitative estimate of drug-likeness (QED) is 0.607. The van der Waals surface area contributed by atoms with Crippen molar-refractivity contribution in [2.45, 2.75) is 13.3 Å². The van der Waals surface area contributed by atoms with Gasteiger partial charge in [0.1, 0.15) is 6.29 Å². The summed E-state index contributed by atoms with van der Waals surface area (Å²) in [7, 11) is 0. The Balaban J connectivity index is 2.84. The molecule has 1 aromatic carbocycles. The van der Waals surface area contributed by atoms with E-state index >= 15 is 0 Å². The summed E-state index contributed by atoms with van der Waals surface area (Å²) in [4.78, 5) is 10.8. The summed E-state index contributed by atoms with van der Waals surface area (Å²) < 4.78 is 2.54. The zero-order chi connectivity index (χ0) is 10.1. The molecule has 1 heterocycles. The van der Waals surface area contributed by atoms with Crippen LogP contribution in [-0.4, -0.2) is 6.29 Å². The highest BCUT2D eigenvalue weighted by Crippen LogP contribution is 2.31. The number of thiophene rings is 1. The summed E-state index contributed by atoms with van der Waals surface area (Å²) in [6.07, 6.45) is 1.87. The fraction of sp³-hybridized carbons (Fsp3) is 0.182. The number of hydrogen-bond donors (Lipinski definition) is 0. The summed E-state index contributed by atoms with van der Waals surface area (Å²) in [5.74, 6) is 0. The third-order valence-corrected chi connectivity index (χ3v) is 4.69. The van der Waals surface area contributed by atoms with Crippen LogP contribution in [0.25, 0.3) is 10.1 Å². The van der Waals surface area contributed by atoms with Gasteiger partial charge in [-0.25, -0.2) is 0 Å². The van der Waals surface area contributed by atoms with E-state index in [1.807, 2.05) is 12.1 Å². The second-order valence-corrected chi connectivity index (χ2v) is 5.11. The first-order valence-corrected chi connectivity index (χ1v) is 6.37. The van der Waals surface area contributed by atoms with Crippen molar-refractivity contribution in [1.29, 1.82) is 0 Å². The van der Waals surface area contributed by atoms with Crippen LogP contribution in [0.2, 0.25) is 0 Å². The van der Waals surface area contributed by atoms with Gasteiger partial charge in [-0.3, -0.25) is 4.79 Å². The van der Waals surface area contributed by atoms with Crippen molar-refractivity contribution in [2.75, 3.05) is 0 Å². The third-order valence-electron chi connectivity index (χ3n) is 2.31. The Hall–Kier alpha value is -0.420. The van der Waals surface area contributed by atoms with Gasteiger partial charge in [-0.1, -0.05) is 19.1 Å². The normalized spacial score (nSPS) is 10.7. The van der Waals surface area contributed by atoms with E-state index in [0.29, 0.717) is 0 Å². The fourth-order valence-corrected chi connectivity index (χ4v) is 3.69. The molecule has 0 N–H and O–H groups in total. The molecule has 0 aliphatic heterocycles. The fourth-order valence-electron chi connectivity index (χ4n) is 1.61. The van der Waals surface area contributed by atoms with Crippen molar-refractivity contribution < 1.29 is 4.79 Å². The second kappa shape index (κ2) is 3.98. The first-order valence-electron chi connectivity index (χ1n) is 4.41. The summed E-state index contributed by atoms with van der Waals surface area (Å²) in [5, 5.41) is 3.41. The van der Waals surface area contributed by atoms with Crippen LogP contribution in [0.5, 0.6) is 0 Å². The average molecular weight is 316 g/mol. The zero-order valence-electron chi connectivity index (χ0n) is 7.71. The molecule has 0 amide bonds. The van der Waals surface area contributed by atoms with Gasteiger partial charge in [0.2, 0.25) is 0 Å². The number of halogens is 1. The Morgan fingerprint density at radius 1 is 1.50 bits per heavy atom. The highest BCUT2D eigenvalue weighted by molar-refractivity contribution is 14.1. The van der Waals surface area contributed by atoms with Crippen LogP contribution in [0.4, 0.5) is 0 Å². The van der Waals surface area contributed by atoms with Gasteiger partial charge in [-0.05, 0) is 34.6 Å². The van der Waals surface area contributed by atoms with E-state index < -0.39 is 0 Å². The monoisotopic (exact) mass is 316 g/mol. The third kappa shape index (κ3) is 1.48. The summed E-state index contributed by atoms with van der Waals surface area (Å²) >= 11 is 4.06. The number of carbonyl (C=O) groups is 1. The van der Waals surface area contributed by atoms with Crippen molar-refractivity contribution in [3.63, 3.8) is 0 Å². The first kappa shape index (κ1) is 10.1. The number of aryl methyl sites for hydroxylation is 1. The lowest BCUT2D eigenvalue weighted by atomic mass is 10.0. The van der Waals surface area contributed by atoms with E-state index in [4.69, 9.17) is 0 Å². The molecule has 0 spiro atoms. The molecule has 0 saturated carbocycles. The number of rotatable bonds is 2. The Morgan fingerprint density at radius 2 is 2.29 bits per heavy atom. The van der Waals surface area contributed by atoms with Gasteiger partial charge in [-0.2, -0.15) is 0 Å². The van der Waals surface area contributed by atoms with Crippen LogP contribution in [0.1, 0.15) is 22.8 Å². The van der Waals surface area contributed by atoms with Crippen LogP contribution in [-0.2, 0) is 6.42 Å². The number of carbonyl (C=O) groups excluding carboxylic acids is 1. The molecule has 2 aromatic rings. The molecule has 72 valence electrons. The molecule has 14 heavy (non-hydrogen) atoms. The molecule has 1 nitrogen and oxygen atoms in total. The maximum absolute atomic E-state index is 10.8. The molecular weight excluding hydrogens is 307 g/mol. The Labute approximate surface area is 100 Å². The van der Waals surface area contributed by atoms with Crippen molar-refractivity contribution in [3.8, 4) is 0 Å². The predicted molar refractivity (Wildman–Crippen MR) is 69.3 cm³/mol. The molecule has 0 atom stereocenters. The van der Waals surface area contributed by atoms with Gasteiger partial charge in [0.15, 0.2) is 0 Å². The smallest absolute Gasteiger partial charge is 0.150 e. The van der Waals surface area contributed by atoms with Crippen LogP contribution < -0.4 is 0 Å². The van der Waals surface area contributed by atoms with Crippen molar-refractivity contribution in [1.82, 2.24) is 0 Å². The minimum absolute atomic E-state index is 0.832. The Morgan fingerprint density at radius 3 is 2.93 bits per heavy atom. The topological polar surface area (TPSA) is 17.1 Å². The van der Waals surface area contributed by atoms with Crippen LogP contribution in [0, 0.1) is 3.57 Å². The van der Waals surface area contributed by atoms with E-state index in [0.717, 1.165) is 18.3 Å². The largest absolute Gasteiger partial charge is 0.298 e. The number of fused-ring (bicyclic) bond motifs is 1. The Kier molecular flexibility index (Phi) is 2.88. The SMILES string of the molecule is CCc1c(C=O)ccc2c(I)csc12. The van der Waals surface area contributed by atoms with E-state index in [2.05, 4.69) is 34.9 Å². The molecule has 2 rings (SSSR count). The zero-order valence-corrected chi connectivity index (χ0v) is 10.7. The minimum atomic E-state index is 0.832. The van der Waals surface area contributed by atoms with E-state index in [1.165, 1.54) is 19.2 Å². The highest BCUT2D eigenvalue weighted by Gasteiger charge is 2.08. The predicted octanol–water partition coefficient (Wildman–Crippen LogP) is 3.88. The number of hydrogen-bond acceptors (Lipinski definition) is 2. The Bertz CT molecular complexity index is 487. The van der Waals surface area contributed by atoms with E-state index in [9.17, 15) is 4.79 Å². The van der Waals surface area contributed by atoms with Crippen molar-refractivity contribution in [2.24, 2.45) is 0 Å². The minimum Gasteiger partial charge on any atom is -0.298 e. The maximum atomic E-state index is 10.8. The summed E-state index contributed by atoms with van der Waals surface area (Å²) in [5.41, 5.74) is 2.02. The number of benzene rings is 1. The van der Waals surface area contributed by atoms with Gasteiger partial charge in [0.25, 0.3) is 0 Å². The van der Waals surface area contributed by atoms with E-state index in [-0.39, 0.29) is 0 Å². The van der Waals surface area contributed by atoms with Gasteiger partial charge in [-0.15, -0.1) is 11.3 Å². The lowest BCUT2D eigenvalue weighted by molar-refractivity contribution is 0.112. The average Bonchev–Trinajstić information content (AvgIpc) is 2.59. The van der Waals surface area contributed by atoms with E-state index in [1.54, 1.807) is 11.3 Å².